The van der Waals surface area contributed by atoms with Crippen LogP contribution in [0.4, 0.5) is 0 Å². The number of likely N-dealkylation sites (N-methyl/N-ethyl adjacent to an activating group) is 1. The Morgan fingerprint density at radius 3 is 2.78 bits per heavy atom. The average Bonchev–Trinajstić information content (AvgIpc) is 2.72. The van der Waals surface area contributed by atoms with Gasteiger partial charge < -0.3 is 19.7 Å². The van der Waals surface area contributed by atoms with Crippen molar-refractivity contribution >= 4 is 5.91 Å². The maximum absolute atomic E-state index is 11.9. The summed E-state index contributed by atoms with van der Waals surface area (Å²) in [7, 11) is 3.75. The first-order chi connectivity index (χ1) is 8.35. The summed E-state index contributed by atoms with van der Waals surface area (Å²) in [6, 6.07) is 1.65. The molecule has 0 aliphatic rings. The minimum absolute atomic E-state index is 0.207. The number of carbonyl (C=O) groups is 1. The van der Waals surface area contributed by atoms with Gasteiger partial charge in [0.05, 0.1) is 17.4 Å². The number of furan rings is 1. The van der Waals surface area contributed by atoms with E-state index in [9.17, 15) is 9.90 Å². The first-order valence-electron chi connectivity index (χ1n) is 6.07. The highest BCUT2D eigenvalue weighted by Crippen LogP contribution is 2.11. The zero-order chi connectivity index (χ0) is 13.8. The van der Waals surface area contributed by atoms with Crippen LogP contribution in [-0.4, -0.2) is 48.7 Å². The number of carbonyl (C=O) groups excluding carboxylic acids is 1. The molecule has 1 rings (SSSR count). The Balaban J connectivity index is 2.56. The van der Waals surface area contributed by atoms with Crippen LogP contribution in [0.5, 0.6) is 0 Å². The number of hydrogen-bond acceptors (Lipinski definition) is 4. The van der Waals surface area contributed by atoms with E-state index in [2.05, 4.69) is 5.32 Å². The normalized spacial score (nSPS) is 14.6. The van der Waals surface area contributed by atoms with E-state index in [1.807, 2.05) is 25.9 Å². The molecule has 1 atom stereocenters. The van der Waals surface area contributed by atoms with Gasteiger partial charge in [-0.2, -0.15) is 0 Å². The molecular formula is C13H22N2O3. The first kappa shape index (κ1) is 14.7. The highest BCUT2D eigenvalue weighted by Gasteiger charge is 2.23. The number of aryl methyl sites for hydroxylation is 1. The molecule has 1 aromatic rings. The predicted molar refractivity (Wildman–Crippen MR) is 69.6 cm³/mol. The van der Waals surface area contributed by atoms with E-state index in [-0.39, 0.29) is 12.5 Å². The molecule has 0 radical (unpaired) electrons. The van der Waals surface area contributed by atoms with Crippen LogP contribution in [0.2, 0.25) is 0 Å². The molecule has 1 unspecified atom stereocenters. The fraction of sp³-hybridized carbons (Fsp3) is 0.615. The van der Waals surface area contributed by atoms with E-state index < -0.39 is 5.60 Å². The molecule has 102 valence electrons. The lowest BCUT2D eigenvalue weighted by Crippen LogP contribution is -2.47. The minimum atomic E-state index is -0.949. The van der Waals surface area contributed by atoms with E-state index in [1.165, 1.54) is 6.26 Å². The van der Waals surface area contributed by atoms with E-state index in [0.717, 1.165) is 0 Å². The fourth-order valence-electron chi connectivity index (χ4n) is 1.92. The molecule has 0 bridgehead atoms. The molecule has 0 aliphatic heterocycles. The zero-order valence-corrected chi connectivity index (χ0v) is 11.5. The van der Waals surface area contributed by atoms with Gasteiger partial charge in [-0.15, -0.1) is 0 Å². The summed E-state index contributed by atoms with van der Waals surface area (Å²) in [6.45, 7) is 4.32. The lowest BCUT2D eigenvalue weighted by Gasteiger charge is -2.27. The van der Waals surface area contributed by atoms with Gasteiger partial charge in [-0.25, -0.2) is 0 Å². The summed E-state index contributed by atoms with van der Waals surface area (Å²) in [6.07, 6.45) is 2.18. The molecule has 1 heterocycles. The minimum Gasteiger partial charge on any atom is -0.469 e. The maximum Gasteiger partial charge on any atom is 0.254 e. The SMILES string of the molecule is CCc1occc1C(=O)NCC(C)(O)CN(C)C. The van der Waals surface area contributed by atoms with Crippen molar-refractivity contribution in [3.8, 4) is 0 Å². The molecule has 18 heavy (non-hydrogen) atoms. The summed E-state index contributed by atoms with van der Waals surface area (Å²) < 4.78 is 5.20. The van der Waals surface area contributed by atoms with Crippen molar-refractivity contribution in [1.82, 2.24) is 10.2 Å². The van der Waals surface area contributed by atoms with Crippen LogP contribution in [0, 0.1) is 0 Å². The molecular weight excluding hydrogens is 232 g/mol. The summed E-state index contributed by atoms with van der Waals surface area (Å²) in [5.41, 5.74) is -0.409. The van der Waals surface area contributed by atoms with Crippen molar-refractivity contribution in [1.29, 1.82) is 0 Å². The molecule has 2 N–H and O–H groups in total. The van der Waals surface area contributed by atoms with Crippen molar-refractivity contribution in [3.63, 3.8) is 0 Å². The number of nitrogens with zero attached hydrogens (tertiary/aromatic N) is 1. The van der Waals surface area contributed by atoms with Crippen molar-refractivity contribution in [3.05, 3.63) is 23.7 Å². The maximum atomic E-state index is 11.9. The van der Waals surface area contributed by atoms with E-state index in [1.54, 1.807) is 13.0 Å². The van der Waals surface area contributed by atoms with Crippen molar-refractivity contribution in [2.45, 2.75) is 25.9 Å². The van der Waals surface area contributed by atoms with Crippen LogP contribution < -0.4 is 5.32 Å². The number of amides is 1. The number of rotatable bonds is 6. The Labute approximate surface area is 108 Å². The largest absolute Gasteiger partial charge is 0.469 e. The Kier molecular flexibility index (Phi) is 4.93. The monoisotopic (exact) mass is 254 g/mol. The Morgan fingerprint density at radius 2 is 2.22 bits per heavy atom. The van der Waals surface area contributed by atoms with E-state index in [0.29, 0.717) is 24.3 Å². The molecule has 0 aliphatic carbocycles. The molecule has 5 heteroatoms. The van der Waals surface area contributed by atoms with Gasteiger partial charge in [-0.3, -0.25) is 4.79 Å². The lowest BCUT2D eigenvalue weighted by atomic mass is 10.1. The second-order valence-electron chi connectivity index (χ2n) is 5.03. The summed E-state index contributed by atoms with van der Waals surface area (Å²) >= 11 is 0. The summed E-state index contributed by atoms with van der Waals surface area (Å²) in [5, 5.41) is 12.8. The average molecular weight is 254 g/mol. The molecule has 0 fully saturated rings. The van der Waals surface area contributed by atoms with Crippen molar-refractivity contribution < 1.29 is 14.3 Å². The van der Waals surface area contributed by atoms with Gasteiger partial charge in [-0.05, 0) is 27.1 Å². The third kappa shape index (κ3) is 4.16. The molecule has 1 amide bonds. The molecule has 1 aromatic heterocycles. The van der Waals surface area contributed by atoms with E-state index in [4.69, 9.17) is 4.42 Å². The van der Waals surface area contributed by atoms with Gasteiger partial charge in [0.2, 0.25) is 0 Å². The number of hydrogen-bond donors (Lipinski definition) is 2. The smallest absolute Gasteiger partial charge is 0.254 e. The van der Waals surface area contributed by atoms with Gasteiger partial charge in [-0.1, -0.05) is 6.92 Å². The van der Waals surface area contributed by atoms with Crippen LogP contribution >= 0.6 is 0 Å². The zero-order valence-electron chi connectivity index (χ0n) is 11.5. The molecule has 0 saturated heterocycles. The fourth-order valence-corrected chi connectivity index (χ4v) is 1.92. The molecule has 0 spiro atoms. The predicted octanol–water partition coefficient (Wildman–Crippen LogP) is 0.884. The Hall–Kier alpha value is -1.33. The van der Waals surface area contributed by atoms with Gasteiger partial charge in [0.15, 0.2) is 0 Å². The van der Waals surface area contributed by atoms with Crippen molar-refractivity contribution in [2.24, 2.45) is 0 Å². The van der Waals surface area contributed by atoms with Gasteiger partial charge >= 0.3 is 0 Å². The molecule has 0 saturated carbocycles. The van der Waals surface area contributed by atoms with Gasteiger partial charge in [0.1, 0.15) is 5.76 Å². The Bertz CT molecular complexity index is 397. The summed E-state index contributed by atoms with van der Waals surface area (Å²) in [5.74, 6) is 0.458. The second kappa shape index (κ2) is 6.02. The van der Waals surface area contributed by atoms with Crippen LogP contribution in [-0.2, 0) is 6.42 Å². The summed E-state index contributed by atoms with van der Waals surface area (Å²) in [4.78, 5) is 13.8. The second-order valence-corrected chi connectivity index (χ2v) is 5.03. The third-order valence-corrected chi connectivity index (χ3v) is 2.60. The van der Waals surface area contributed by atoms with Crippen LogP contribution in [0.1, 0.15) is 30.0 Å². The van der Waals surface area contributed by atoms with Crippen LogP contribution in [0.3, 0.4) is 0 Å². The highest BCUT2D eigenvalue weighted by atomic mass is 16.3. The number of nitrogens with one attached hydrogen (secondary N) is 1. The van der Waals surface area contributed by atoms with E-state index >= 15 is 0 Å². The molecule has 5 nitrogen and oxygen atoms in total. The van der Waals surface area contributed by atoms with Crippen LogP contribution in [0.25, 0.3) is 0 Å². The number of aliphatic hydroxyl groups is 1. The van der Waals surface area contributed by atoms with Crippen LogP contribution in [0.15, 0.2) is 16.7 Å². The van der Waals surface area contributed by atoms with Gasteiger partial charge in [0.25, 0.3) is 5.91 Å². The highest BCUT2D eigenvalue weighted by molar-refractivity contribution is 5.95. The topological polar surface area (TPSA) is 65.7 Å². The third-order valence-electron chi connectivity index (χ3n) is 2.60. The standard InChI is InChI=1S/C13H22N2O3/c1-5-11-10(6-7-18-11)12(16)14-8-13(2,17)9-15(3)4/h6-7,17H,5,8-9H2,1-4H3,(H,14,16). The lowest BCUT2D eigenvalue weighted by molar-refractivity contribution is 0.0325. The van der Waals surface area contributed by atoms with Gasteiger partial charge in [0, 0.05) is 19.5 Å². The Morgan fingerprint density at radius 1 is 1.56 bits per heavy atom. The first-order valence-corrected chi connectivity index (χ1v) is 6.07. The molecule has 0 aromatic carbocycles. The quantitative estimate of drug-likeness (QED) is 0.791. The van der Waals surface area contributed by atoms with Crippen molar-refractivity contribution in [2.75, 3.05) is 27.2 Å².